The van der Waals surface area contributed by atoms with Gasteiger partial charge in [-0.15, -0.1) is 0 Å². The van der Waals surface area contributed by atoms with Crippen molar-refractivity contribution in [1.29, 1.82) is 0 Å². The van der Waals surface area contributed by atoms with Crippen molar-refractivity contribution < 1.29 is 0 Å². The van der Waals surface area contributed by atoms with Gasteiger partial charge in [0.15, 0.2) is 0 Å². The van der Waals surface area contributed by atoms with Crippen molar-refractivity contribution in [2.24, 2.45) is 0 Å². The van der Waals surface area contributed by atoms with Crippen LogP contribution in [0.4, 0.5) is 0 Å². The highest BCUT2D eigenvalue weighted by Gasteiger charge is 2.25. The van der Waals surface area contributed by atoms with E-state index in [9.17, 15) is 0 Å². The van der Waals surface area contributed by atoms with Crippen LogP contribution >= 0.6 is 0 Å². The van der Waals surface area contributed by atoms with E-state index in [-0.39, 0.29) is 0 Å². The van der Waals surface area contributed by atoms with Crippen LogP contribution in [0.15, 0.2) is 61.1 Å². The maximum absolute atomic E-state index is 4.75. The molecule has 0 aliphatic carbocycles. The number of pyridine rings is 1. The maximum atomic E-state index is 4.75. The molecule has 4 heteroatoms. The van der Waals surface area contributed by atoms with E-state index < -0.39 is 0 Å². The normalized spacial score (nSPS) is 18.0. The molecule has 1 atom stereocenters. The zero-order chi connectivity index (χ0) is 17.8. The van der Waals surface area contributed by atoms with E-state index in [1.54, 1.807) is 6.20 Å². The van der Waals surface area contributed by atoms with E-state index in [4.69, 9.17) is 4.98 Å². The summed E-state index contributed by atoms with van der Waals surface area (Å²) in [5.74, 6) is 0.414. The average Bonchev–Trinajstić information content (AvgIpc) is 2.69. The van der Waals surface area contributed by atoms with E-state index in [1.807, 2.05) is 18.5 Å². The maximum Gasteiger partial charge on any atom is 0.0920 e. The molecule has 4 nitrogen and oxygen atoms in total. The highest BCUT2D eigenvalue weighted by molar-refractivity contribution is 5.63. The fraction of sp³-hybridized carbons (Fsp3) is 0.318. The summed E-state index contributed by atoms with van der Waals surface area (Å²) in [5.41, 5.74) is 5.70. The van der Waals surface area contributed by atoms with Gasteiger partial charge in [0.2, 0.25) is 0 Å². The van der Waals surface area contributed by atoms with Crippen LogP contribution in [0, 0.1) is 6.92 Å². The van der Waals surface area contributed by atoms with Gasteiger partial charge in [0.05, 0.1) is 17.1 Å². The van der Waals surface area contributed by atoms with Crippen molar-refractivity contribution in [1.82, 2.24) is 19.9 Å². The summed E-state index contributed by atoms with van der Waals surface area (Å²) in [7, 11) is 0. The second-order valence-electron chi connectivity index (χ2n) is 7.06. The number of hydrogen-bond acceptors (Lipinski definition) is 4. The van der Waals surface area contributed by atoms with Gasteiger partial charge in [-0.05, 0) is 44.5 Å². The number of aryl methyl sites for hydroxylation is 1. The number of piperidine rings is 1. The van der Waals surface area contributed by atoms with Crippen LogP contribution in [0.25, 0.3) is 11.3 Å². The fourth-order valence-electron chi connectivity index (χ4n) is 3.81. The Morgan fingerprint density at radius 3 is 2.77 bits per heavy atom. The van der Waals surface area contributed by atoms with Crippen molar-refractivity contribution in [2.75, 3.05) is 13.1 Å². The molecule has 4 rings (SSSR count). The van der Waals surface area contributed by atoms with Crippen LogP contribution in [0.3, 0.4) is 0 Å². The molecule has 132 valence electrons. The van der Waals surface area contributed by atoms with E-state index in [0.29, 0.717) is 5.92 Å². The Bertz CT molecular complexity index is 863. The first kappa shape index (κ1) is 16.9. The molecule has 0 amide bonds. The molecule has 0 bridgehead atoms. The minimum Gasteiger partial charge on any atom is -0.297 e. The summed E-state index contributed by atoms with van der Waals surface area (Å²) >= 11 is 0. The monoisotopic (exact) mass is 344 g/mol. The van der Waals surface area contributed by atoms with Crippen LogP contribution in [-0.2, 0) is 6.54 Å². The Morgan fingerprint density at radius 1 is 1.00 bits per heavy atom. The van der Waals surface area contributed by atoms with Crippen molar-refractivity contribution in [3.8, 4) is 11.3 Å². The van der Waals surface area contributed by atoms with Gasteiger partial charge in [0, 0.05) is 43.2 Å². The highest BCUT2D eigenvalue weighted by Crippen LogP contribution is 2.32. The third kappa shape index (κ3) is 3.81. The number of aromatic nitrogens is 3. The van der Waals surface area contributed by atoms with Gasteiger partial charge in [-0.3, -0.25) is 19.9 Å². The molecule has 3 aromatic rings. The lowest BCUT2D eigenvalue weighted by atomic mass is 9.91. The predicted octanol–water partition coefficient (Wildman–Crippen LogP) is 4.23. The Balaban J connectivity index is 1.57. The summed E-state index contributed by atoms with van der Waals surface area (Å²) in [4.78, 5) is 16.4. The second-order valence-corrected chi connectivity index (χ2v) is 7.06. The van der Waals surface area contributed by atoms with Crippen molar-refractivity contribution in [3.05, 3.63) is 78.0 Å². The third-order valence-electron chi connectivity index (χ3n) is 5.02. The lowest BCUT2D eigenvalue weighted by Crippen LogP contribution is -2.34. The molecule has 0 spiro atoms. The Morgan fingerprint density at radius 2 is 1.92 bits per heavy atom. The summed E-state index contributed by atoms with van der Waals surface area (Å²) < 4.78 is 0. The molecule has 1 fully saturated rings. The van der Waals surface area contributed by atoms with E-state index in [2.05, 4.69) is 58.2 Å². The molecular weight excluding hydrogens is 320 g/mol. The lowest BCUT2D eigenvalue weighted by molar-refractivity contribution is 0.196. The van der Waals surface area contributed by atoms with Gasteiger partial charge in [-0.25, -0.2) is 0 Å². The van der Waals surface area contributed by atoms with Crippen LogP contribution in [0.2, 0.25) is 0 Å². The standard InChI is InChI=1S/C22H24N4/c1-17-6-4-7-18(14-17)21-22(25-12-11-24-21)19-8-5-13-26(15-19)16-20-9-2-3-10-23-20/h2-4,6-7,9-12,14,19H,5,8,13,15-16H2,1H3. The largest absolute Gasteiger partial charge is 0.297 e. The zero-order valence-corrected chi connectivity index (χ0v) is 15.2. The molecule has 1 aromatic carbocycles. The van der Waals surface area contributed by atoms with Crippen molar-refractivity contribution in [2.45, 2.75) is 32.2 Å². The smallest absolute Gasteiger partial charge is 0.0920 e. The molecule has 3 heterocycles. The molecule has 0 N–H and O–H groups in total. The third-order valence-corrected chi connectivity index (χ3v) is 5.02. The first-order valence-corrected chi connectivity index (χ1v) is 9.30. The lowest BCUT2D eigenvalue weighted by Gasteiger charge is -2.32. The molecule has 2 aromatic heterocycles. The van der Waals surface area contributed by atoms with E-state index >= 15 is 0 Å². The summed E-state index contributed by atoms with van der Waals surface area (Å²) in [6.45, 7) is 5.15. The fourth-order valence-corrected chi connectivity index (χ4v) is 3.81. The van der Waals surface area contributed by atoms with Gasteiger partial charge in [-0.1, -0.05) is 29.8 Å². The summed E-state index contributed by atoms with van der Waals surface area (Å²) in [5, 5.41) is 0. The van der Waals surface area contributed by atoms with Crippen molar-refractivity contribution in [3.63, 3.8) is 0 Å². The Hall–Kier alpha value is -2.59. The van der Waals surface area contributed by atoms with Gasteiger partial charge >= 0.3 is 0 Å². The zero-order valence-electron chi connectivity index (χ0n) is 15.2. The number of benzene rings is 1. The molecule has 0 saturated carbocycles. The topological polar surface area (TPSA) is 41.9 Å². The molecule has 26 heavy (non-hydrogen) atoms. The molecule has 1 aliphatic rings. The summed E-state index contributed by atoms with van der Waals surface area (Å²) in [6.07, 6.45) is 7.84. The molecule has 1 saturated heterocycles. The van der Waals surface area contributed by atoms with E-state index in [1.165, 1.54) is 12.0 Å². The molecule has 0 radical (unpaired) electrons. The Kier molecular flexibility index (Phi) is 5.02. The van der Waals surface area contributed by atoms with Crippen LogP contribution in [0.1, 0.15) is 35.7 Å². The van der Waals surface area contributed by atoms with Crippen molar-refractivity contribution >= 4 is 0 Å². The van der Waals surface area contributed by atoms with Gasteiger partial charge in [0.1, 0.15) is 0 Å². The number of hydrogen-bond donors (Lipinski definition) is 0. The van der Waals surface area contributed by atoms with Gasteiger partial charge in [-0.2, -0.15) is 0 Å². The second kappa shape index (κ2) is 7.75. The predicted molar refractivity (Wildman–Crippen MR) is 104 cm³/mol. The van der Waals surface area contributed by atoms with Gasteiger partial charge < -0.3 is 0 Å². The molecule has 1 aliphatic heterocycles. The van der Waals surface area contributed by atoms with E-state index in [0.717, 1.165) is 48.7 Å². The number of nitrogens with zero attached hydrogens (tertiary/aromatic N) is 4. The SMILES string of the molecule is Cc1cccc(-c2nccnc2C2CCCN(Cc3ccccn3)C2)c1. The Labute approximate surface area is 155 Å². The first-order chi connectivity index (χ1) is 12.8. The highest BCUT2D eigenvalue weighted by atomic mass is 15.1. The van der Waals surface area contributed by atoms with Crippen LogP contribution in [0.5, 0.6) is 0 Å². The minimum atomic E-state index is 0.414. The number of rotatable bonds is 4. The molecule has 1 unspecified atom stereocenters. The number of likely N-dealkylation sites (tertiary alicyclic amines) is 1. The van der Waals surface area contributed by atoms with Crippen LogP contribution < -0.4 is 0 Å². The minimum absolute atomic E-state index is 0.414. The van der Waals surface area contributed by atoms with Gasteiger partial charge in [0.25, 0.3) is 0 Å². The summed E-state index contributed by atoms with van der Waals surface area (Å²) in [6, 6.07) is 14.7. The van der Waals surface area contributed by atoms with Crippen LogP contribution in [-0.4, -0.2) is 32.9 Å². The quantitative estimate of drug-likeness (QED) is 0.710. The first-order valence-electron chi connectivity index (χ1n) is 9.30. The average molecular weight is 344 g/mol. The molecular formula is C22H24N4.